The average molecular weight is 346 g/mol. The van der Waals surface area contributed by atoms with Crippen molar-refractivity contribution in [3.8, 4) is 11.1 Å². The Labute approximate surface area is 145 Å². The molecular formula is C19H26N2O2S. The lowest BCUT2D eigenvalue weighted by molar-refractivity contribution is 0.569. The largest absolute Gasteiger partial charge is 0.284 e. The first-order valence-corrected chi connectivity index (χ1v) is 9.94. The Balaban J connectivity index is 2.21. The summed E-state index contributed by atoms with van der Waals surface area (Å²) >= 11 is 0. The van der Waals surface area contributed by atoms with Gasteiger partial charge in [0, 0.05) is 28.6 Å². The van der Waals surface area contributed by atoms with E-state index >= 15 is 0 Å². The van der Waals surface area contributed by atoms with Gasteiger partial charge in [-0.1, -0.05) is 52.3 Å². The standard InChI is InChI=1S/C19H26N2O2S/c1-5-6-12-24(22,23)21-17-9-7-8-15(13-17)16-10-11-18(20-14-16)19(2,3)4/h7-11,13-14,21H,5-6,12H2,1-4H3. The molecule has 0 saturated carbocycles. The number of nitrogens with zero attached hydrogens (tertiary/aromatic N) is 1. The molecule has 0 aliphatic rings. The van der Waals surface area contributed by atoms with Gasteiger partial charge in [-0.05, 0) is 30.2 Å². The maximum absolute atomic E-state index is 12.0. The number of aromatic nitrogens is 1. The number of rotatable bonds is 6. The van der Waals surface area contributed by atoms with E-state index < -0.39 is 10.0 Å². The van der Waals surface area contributed by atoms with Crippen molar-refractivity contribution in [2.75, 3.05) is 10.5 Å². The number of nitrogens with one attached hydrogen (secondary N) is 1. The third-order valence-electron chi connectivity index (χ3n) is 3.77. The van der Waals surface area contributed by atoms with E-state index in [-0.39, 0.29) is 11.2 Å². The van der Waals surface area contributed by atoms with Crippen LogP contribution < -0.4 is 4.72 Å². The van der Waals surface area contributed by atoms with Gasteiger partial charge in [0.1, 0.15) is 0 Å². The van der Waals surface area contributed by atoms with Gasteiger partial charge in [0.25, 0.3) is 0 Å². The minimum Gasteiger partial charge on any atom is -0.284 e. The van der Waals surface area contributed by atoms with Crippen LogP contribution in [-0.4, -0.2) is 19.2 Å². The first-order chi connectivity index (χ1) is 11.2. The van der Waals surface area contributed by atoms with E-state index in [1.165, 1.54) is 0 Å². The molecule has 1 aromatic heterocycles. The molecule has 0 fully saturated rings. The highest BCUT2D eigenvalue weighted by molar-refractivity contribution is 7.92. The molecule has 1 N–H and O–H groups in total. The molecule has 2 aromatic rings. The van der Waals surface area contributed by atoms with E-state index in [2.05, 4.69) is 30.5 Å². The molecule has 0 unspecified atom stereocenters. The van der Waals surface area contributed by atoms with Crippen LogP contribution in [0, 0.1) is 0 Å². The van der Waals surface area contributed by atoms with Crippen molar-refractivity contribution in [3.05, 3.63) is 48.3 Å². The third kappa shape index (κ3) is 5.06. The lowest BCUT2D eigenvalue weighted by atomic mass is 9.91. The fourth-order valence-corrected chi connectivity index (χ4v) is 3.59. The molecule has 0 bridgehead atoms. The summed E-state index contributed by atoms with van der Waals surface area (Å²) in [4.78, 5) is 4.53. The molecule has 130 valence electrons. The van der Waals surface area contributed by atoms with Crippen molar-refractivity contribution in [1.29, 1.82) is 0 Å². The molecule has 0 aliphatic carbocycles. The second-order valence-corrected chi connectivity index (χ2v) is 8.88. The number of anilines is 1. The van der Waals surface area contributed by atoms with Crippen molar-refractivity contribution < 1.29 is 8.42 Å². The minimum atomic E-state index is -3.29. The van der Waals surface area contributed by atoms with Crippen LogP contribution in [0.5, 0.6) is 0 Å². The zero-order valence-electron chi connectivity index (χ0n) is 14.8. The second-order valence-electron chi connectivity index (χ2n) is 7.04. The van der Waals surface area contributed by atoms with E-state index in [9.17, 15) is 8.42 Å². The smallest absolute Gasteiger partial charge is 0.232 e. The zero-order valence-corrected chi connectivity index (χ0v) is 15.7. The zero-order chi connectivity index (χ0) is 17.8. The van der Waals surface area contributed by atoms with Gasteiger partial charge in [-0.25, -0.2) is 8.42 Å². The summed E-state index contributed by atoms with van der Waals surface area (Å²) in [5.41, 5.74) is 3.54. The van der Waals surface area contributed by atoms with Gasteiger partial charge in [-0.15, -0.1) is 0 Å². The lowest BCUT2D eigenvalue weighted by Crippen LogP contribution is -2.16. The fourth-order valence-electron chi connectivity index (χ4n) is 2.34. The molecule has 2 rings (SSSR count). The van der Waals surface area contributed by atoms with Gasteiger partial charge >= 0.3 is 0 Å². The highest BCUT2D eigenvalue weighted by Gasteiger charge is 2.15. The van der Waals surface area contributed by atoms with E-state index in [0.29, 0.717) is 12.1 Å². The predicted molar refractivity (Wildman–Crippen MR) is 101 cm³/mol. The molecule has 4 nitrogen and oxygen atoms in total. The van der Waals surface area contributed by atoms with Gasteiger partial charge in [-0.2, -0.15) is 0 Å². The highest BCUT2D eigenvalue weighted by atomic mass is 32.2. The summed E-state index contributed by atoms with van der Waals surface area (Å²) in [6, 6.07) is 11.5. The molecule has 1 aromatic carbocycles. The molecule has 5 heteroatoms. The van der Waals surface area contributed by atoms with Crippen molar-refractivity contribution >= 4 is 15.7 Å². The Morgan fingerprint density at radius 3 is 2.42 bits per heavy atom. The van der Waals surface area contributed by atoms with Crippen LogP contribution in [-0.2, 0) is 15.4 Å². The Morgan fingerprint density at radius 2 is 1.83 bits per heavy atom. The second kappa shape index (κ2) is 7.34. The average Bonchev–Trinajstić information content (AvgIpc) is 2.52. The van der Waals surface area contributed by atoms with Gasteiger partial charge < -0.3 is 0 Å². The van der Waals surface area contributed by atoms with Crippen LogP contribution in [0.1, 0.15) is 46.2 Å². The predicted octanol–water partition coefficient (Wildman–Crippen LogP) is 4.59. The normalized spacial score (nSPS) is 12.2. The summed E-state index contributed by atoms with van der Waals surface area (Å²) in [5.74, 6) is 0.148. The monoisotopic (exact) mass is 346 g/mol. The summed E-state index contributed by atoms with van der Waals surface area (Å²) in [6.07, 6.45) is 3.35. The van der Waals surface area contributed by atoms with Crippen molar-refractivity contribution in [2.24, 2.45) is 0 Å². The number of sulfonamides is 1. The quantitative estimate of drug-likeness (QED) is 0.832. The Bertz CT molecular complexity index is 776. The SMILES string of the molecule is CCCCS(=O)(=O)Nc1cccc(-c2ccc(C(C)(C)C)nc2)c1. The van der Waals surface area contributed by atoms with E-state index in [4.69, 9.17) is 0 Å². The highest BCUT2D eigenvalue weighted by Crippen LogP contribution is 2.26. The molecule has 0 saturated heterocycles. The number of hydrogen-bond donors (Lipinski definition) is 1. The van der Waals surface area contributed by atoms with Crippen LogP contribution in [0.3, 0.4) is 0 Å². The van der Waals surface area contributed by atoms with Crippen molar-refractivity contribution in [3.63, 3.8) is 0 Å². The first kappa shape index (κ1) is 18.5. The van der Waals surface area contributed by atoms with Gasteiger partial charge in [-0.3, -0.25) is 9.71 Å². The number of hydrogen-bond acceptors (Lipinski definition) is 3. The number of benzene rings is 1. The fraction of sp³-hybridized carbons (Fsp3) is 0.421. The number of unbranched alkanes of at least 4 members (excludes halogenated alkanes) is 1. The summed E-state index contributed by atoms with van der Waals surface area (Å²) < 4.78 is 26.7. The maximum atomic E-state index is 12.0. The Morgan fingerprint density at radius 1 is 1.08 bits per heavy atom. The van der Waals surface area contributed by atoms with E-state index in [0.717, 1.165) is 23.2 Å². The van der Waals surface area contributed by atoms with E-state index in [1.807, 2.05) is 43.5 Å². The maximum Gasteiger partial charge on any atom is 0.232 e. The van der Waals surface area contributed by atoms with Crippen molar-refractivity contribution in [1.82, 2.24) is 4.98 Å². The van der Waals surface area contributed by atoms with Crippen LogP contribution in [0.2, 0.25) is 0 Å². The molecule has 0 atom stereocenters. The summed E-state index contributed by atoms with van der Waals surface area (Å²) in [5, 5.41) is 0. The molecule has 0 amide bonds. The molecule has 0 spiro atoms. The Hall–Kier alpha value is -1.88. The Kier molecular flexibility index (Phi) is 5.65. The van der Waals surface area contributed by atoms with Crippen LogP contribution in [0.25, 0.3) is 11.1 Å². The van der Waals surface area contributed by atoms with Gasteiger partial charge in [0.05, 0.1) is 5.75 Å². The minimum absolute atomic E-state index is 0.00922. The number of pyridine rings is 1. The van der Waals surface area contributed by atoms with Crippen LogP contribution in [0.15, 0.2) is 42.6 Å². The first-order valence-electron chi connectivity index (χ1n) is 8.29. The van der Waals surface area contributed by atoms with Gasteiger partial charge in [0.15, 0.2) is 0 Å². The molecule has 0 aliphatic heterocycles. The molecule has 0 radical (unpaired) electrons. The topological polar surface area (TPSA) is 59.1 Å². The molecular weight excluding hydrogens is 320 g/mol. The summed E-state index contributed by atoms with van der Waals surface area (Å²) in [6.45, 7) is 8.35. The van der Waals surface area contributed by atoms with Crippen LogP contribution >= 0.6 is 0 Å². The van der Waals surface area contributed by atoms with Crippen molar-refractivity contribution in [2.45, 2.75) is 46.0 Å². The van der Waals surface area contributed by atoms with Crippen LogP contribution in [0.4, 0.5) is 5.69 Å². The molecule has 24 heavy (non-hydrogen) atoms. The third-order valence-corrected chi connectivity index (χ3v) is 5.14. The van der Waals surface area contributed by atoms with Gasteiger partial charge in [0.2, 0.25) is 10.0 Å². The van der Waals surface area contributed by atoms with E-state index in [1.54, 1.807) is 6.07 Å². The molecule has 1 heterocycles. The summed E-state index contributed by atoms with van der Waals surface area (Å²) in [7, 11) is -3.29. The lowest BCUT2D eigenvalue weighted by Gasteiger charge is -2.17.